The number of halogens is 1. The van der Waals surface area contributed by atoms with E-state index in [0.29, 0.717) is 12.8 Å². The normalized spacial score (nSPS) is 20.1. The molecule has 1 saturated carbocycles. The number of hydrogen-bond acceptors (Lipinski definition) is 0. The number of alkyl halides is 1. The van der Waals surface area contributed by atoms with E-state index in [1.165, 1.54) is 0 Å². The third-order valence-corrected chi connectivity index (χ3v) is 3.11. The van der Waals surface area contributed by atoms with Crippen LogP contribution >= 0.6 is 0 Å². The van der Waals surface area contributed by atoms with Crippen LogP contribution in [0.5, 0.6) is 0 Å². The lowest BCUT2D eigenvalue weighted by atomic mass is 9.96. The van der Waals surface area contributed by atoms with Crippen LogP contribution in [0.2, 0.25) is 0 Å². The zero-order chi connectivity index (χ0) is 13.1. The molecule has 1 rings (SSSR count). The molecule has 1 aliphatic carbocycles. The third-order valence-electron chi connectivity index (χ3n) is 3.11. The van der Waals surface area contributed by atoms with Gasteiger partial charge in [-0.05, 0) is 56.4 Å². The minimum absolute atomic E-state index is 0.613. The smallest absolute Gasteiger partial charge is 0.136 e. The second-order valence-corrected chi connectivity index (χ2v) is 4.50. The summed E-state index contributed by atoms with van der Waals surface area (Å²) in [4.78, 5) is 0. The van der Waals surface area contributed by atoms with Crippen molar-refractivity contribution in [1.29, 1.82) is 0 Å². The van der Waals surface area contributed by atoms with E-state index < -0.39 is 5.67 Å². The van der Waals surface area contributed by atoms with Gasteiger partial charge in [0.05, 0.1) is 0 Å². The quantitative estimate of drug-likeness (QED) is 0.580. The molecule has 1 fully saturated rings. The summed E-state index contributed by atoms with van der Waals surface area (Å²) in [6.07, 6.45) is 8.88. The van der Waals surface area contributed by atoms with E-state index in [4.69, 9.17) is 0 Å². The van der Waals surface area contributed by atoms with Gasteiger partial charge in [0.15, 0.2) is 0 Å². The first-order chi connectivity index (χ1) is 7.98. The van der Waals surface area contributed by atoms with Crippen molar-refractivity contribution in [3.63, 3.8) is 0 Å². The first-order valence-corrected chi connectivity index (χ1v) is 6.01. The van der Waals surface area contributed by atoms with Crippen LogP contribution < -0.4 is 0 Å². The van der Waals surface area contributed by atoms with Crippen LogP contribution in [0.4, 0.5) is 4.39 Å². The molecular formula is C16H21F. The molecule has 0 radical (unpaired) electrons. The minimum Gasteiger partial charge on any atom is -0.239 e. The highest BCUT2D eigenvalue weighted by molar-refractivity contribution is 5.52. The summed E-state index contributed by atoms with van der Waals surface area (Å²) in [6, 6.07) is 0. The Morgan fingerprint density at radius 1 is 1.18 bits per heavy atom. The Morgan fingerprint density at radius 2 is 1.71 bits per heavy atom. The first kappa shape index (κ1) is 13.7. The van der Waals surface area contributed by atoms with Gasteiger partial charge in [-0.2, -0.15) is 0 Å². The Labute approximate surface area is 104 Å². The lowest BCUT2D eigenvalue weighted by Gasteiger charge is -2.13. The van der Waals surface area contributed by atoms with Crippen LogP contribution in [0.25, 0.3) is 0 Å². The van der Waals surface area contributed by atoms with Crippen LogP contribution in [0, 0.1) is 0 Å². The summed E-state index contributed by atoms with van der Waals surface area (Å²) < 4.78 is 14.2. The van der Waals surface area contributed by atoms with Crippen LogP contribution in [-0.4, -0.2) is 5.67 Å². The molecule has 0 aromatic carbocycles. The van der Waals surface area contributed by atoms with Gasteiger partial charge in [0, 0.05) is 0 Å². The van der Waals surface area contributed by atoms with E-state index in [1.54, 1.807) is 6.08 Å². The summed E-state index contributed by atoms with van der Waals surface area (Å²) in [5.41, 5.74) is 2.43. The van der Waals surface area contributed by atoms with Crippen molar-refractivity contribution in [2.75, 3.05) is 0 Å². The van der Waals surface area contributed by atoms with E-state index >= 15 is 0 Å². The second kappa shape index (κ2) is 5.31. The standard InChI is InChI=1S/C16H21F/c1-6-13(7-2)14(8-3)11-15(12(4)5)16(17)9-10-16/h6-8,11H,1,4,9-10H2,2-3,5H3/b13-7+,14-8?,15-11+. The monoisotopic (exact) mass is 232 g/mol. The topological polar surface area (TPSA) is 0 Å². The molecule has 1 aliphatic rings. The van der Waals surface area contributed by atoms with Crippen LogP contribution in [0.15, 0.2) is 59.8 Å². The van der Waals surface area contributed by atoms with Crippen molar-refractivity contribution >= 4 is 0 Å². The van der Waals surface area contributed by atoms with Gasteiger partial charge in [0.25, 0.3) is 0 Å². The molecule has 0 bridgehead atoms. The summed E-state index contributed by atoms with van der Waals surface area (Å²) in [5, 5.41) is 0. The van der Waals surface area contributed by atoms with Crippen LogP contribution in [-0.2, 0) is 0 Å². The van der Waals surface area contributed by atoms with Gasteiger partial charge in [-0.25, -0.2) is 4.39 Å². The molecule has 0 aromatic heterocycles. The van der Waals surface area contributed by atoms with Crippen molar-refractivity contribution < 1.29 is 4.39 Å². The van der Waals surface area contributed by atoms with E-state index in [2.05, 4.69) is 13.2 Å². The van der Waals surface area contributed by atoms with Crippen LogP contribution in [0.1, 0.15) is 33.6 Å². The Hall–Kier alpha value is -1.37. The predicted octanol–water partition coefficient (Wildman–Crippen LogP) is 5.07. The fourth-order valence-corrected chi connectivity index (χ4v) is 1.91. The molecule has 0 spiro atoms. The molecule has 0 aromatic rings. The third kappa shape index (κ3) is 3.06. The average Bonchev–Trinajstić information content (AvgIpc) is 3.02. The molecule has 0 heterocycles. The maximum Gasteiger partial charge on any atom is 0.136 e. The molecular weight excluding hydrogens is 211 g/mol. The van der Waals surface area contributed by atoms with E-state index in [0.717, 1.165) is 22.3 Å². The largest absolute Gasteiger partial charge is 0.239 e. The fourth-order valence-electron chi connectivity index (χ4n) is 1.91. The highest BCUT2D eigenvalue weighted by Crippen LogP contribution is 2.49. The van der Waals surface area contributed by atoms with E-state index in [1.807, 2.05) is 39.0 Å². The second-order valence-electron chi connectivity index (χ2n) is 4.50. The van der Waals surface area contributed by atoms with Gasteiger partial charge < -0.3 is 0 Å². The molecule has 0 amide bonds. The Bertz CT molecular complexity index is 415. The van der Waals surface area contributed by atoms with Crippen LogP contribution in [0.3, 0.4) is 0 Å². The number of hydrogen-bond donors (Lipinski definition) is 0. The van der Waals surface area contributed by atoms with Crippen molar-refractivity contribution in [2.24, 2.45) is 0 Å². The molecule has 0 unspecified atom stereocenters. The summed E-state index contributed by atoms with van der Waals surface area (Å²) in [6.45, 7) is 13.4. The Balaban J connectivity index is 3.13. The van der Waals surface area contributed by atoms with Gasteiger partial charge >= 0.3 is 0 Å². The zero-order valence-corrected chi connectivity index (χ0v) is 11.0. The summed E-state index contributed by atoms with van der Waals surface area (Å²) >= 11 is 0. The lowest BCUT2D eigenvalue weighted by Crippen LogP contribution is -2.06. The van der Waals surface area contributed by atoms with E-state index in [9.17, 15) is 4.39 Å². The highest BCUT2D eigenvalue weighted by atomic mass is 19.1. The van der Waals surface area contributed by atoms with Crippen molar-refractivity contribution in [3.8, 4) is 0 Å². The number of rotatable bonds is 5. The van der Waals surface area contributed by atoms with Gasteiger partial charge in [-0.15, -0.1) is 0 Å². The van der Waals surface area contributed by atoms with E-state index in [-0.39, 0.29) is 0 Å². The maximum atomic E-state index is 14.2. The van der Waals surface area contributed by atoms with Crippen molar-refractivity contribution in [2.45, 2.75) is 39.3 Å². The highest BCUT2D eigenvalue weighted by Gasteiger charge is 2.46. The zero-order valence-electron chi connectivity index (χ0n) is 11.0. The first-order valence-electron chi connectivity index (χ1n) is 6.01. The molecule has 17 heavy (non-hydrogen) atoms. The van der Waals surface area contributed by atoms with Gasteiger partial charge in [-0.1, -0.05) is 37.0 Å². The lowest BCUT2D eigenvalue weighted by molar-refractivity contribution is 0.364. The van der Waals surface area contributed by atoms with Crippen molar-refractivity contribution in [3.05, 3.63) is 59.8 Å². The van der Waals surface area contributed by atoms with Gasteiger partial charge in [0.1, 0.15) is 5.67 Å². The summed E-state index contributed by atoms with van der Waals surface area (Å²) in [5.74, 6) is 0. The minimum atomic E-state index is -1.14. The Kier molecular flexibility index (Phi) is 4.28. The molecule has 0 N–H and O–H groups in total. The predicted molar refractivity (Wildman–Crippen MR) is 73.7 cm³/mol. The molecule has 0 aliphatic heterocycles. The molecule has 0 saturated heterocycles. The molecule has 92 valence electrons. The average molecular weight is 232 g/mol. The van der Waals surface area contributed by atoms with Gasteiger partial charge in [0.2, 0.25) is 0 Å². The van der Waals surface area contributed by atoms with Gasteiger partial charge in [-0.3, -0.25) is 0 Å². The Morgan fingerprint density at radius 3 is 2.00 bits per heavy atom. The van der Waals surface area contributed by atoms with Crippen molar-refractivity contribution in [1.82, 2.24) is 0 Å². The fraction of sp³-hybridized carbons (Fsp3) is 0.375. The number of allylic oxidation sites excluding steroid dienone is 8. The SMILES string of the molecule is C=C/C(=C\C)C(=CC)/C=C(\C(=C)C)C1(F)CC1. The molecule has 0 atom stereocenters. The molecule has 0 nitrogen and oxygen atoms in total. The molecule has 1 heteroatoms. The summed E-state index contributed by atoms with van der Waals surface area (Å²) in [7, 11) is 0. The maximum absolute atomic E-state index is 14.2.